The molecule has 0 radical (unpaired) electrons. The van der Waals surface area contributed by atoms with Crippen molar-refractivity contribution in [2.45, 2.75) is 25.7 Å². The molecule has 1 aliphatic heterocycles. The number of likely N-dealkylation sites (tertiary alicyclic amines) is 1. The first-order valence-electron chi connectivity index (χ1n) is 8.54. The predicted octanol–water partition coefficient (Wildman–Crippen LogP) is 2.90. The van der Waals surface area contributed by atoms with Gasteiger partial charge in [-0.25, -0.2) is 4.39 Å². The zero-order valence-electron chi connectivity index (χ0n) is 14.7. The Morgan fingerprint density at radius 2 is 1.93 bits per heavy atom. The molecule has 1 saturated heterocycles. The highest BCUT2D eigenvalue weighted by Crippen LogP contribution is 2.32. The number of nitrogens with zero attached hydrogens (tertiary/aromatic N) is 2. The number of halogens is 4. The second kappa shape index (κ2) is 7.95. The number of benzene rings is 1. The minimum absolute atomic E-state index is 0.00197. The zero-order valence-corrected chi connectivity index (χ0v) is 14.7. The molecule has 148 valence electrons. The van der Waals surface area contributed by atoms with Crippen LogP contribution >= 0.6 is 0 Å². The third-order valence-corrected chi connectivity index (χ3v) is 4.55. The molecule has 1 unspecified atom stereocenters. The molecule has 2 heterocycles. The molecule has 1 N–H and O–H groups in total. The van der Waals surface area contributed by atoms with Crippen LogP contribution in [0.1, 0.15) is 23.1 Å². The predicted molar refractivity (Wildman–Crippen MR) is 91.0 cm³/mol. The zero-order chi connectivity index (χ0) is 20.3. The molecule has 2 aromatic rings. The van der Waals surface area contributed by atoms with Gasteiger partial charge in [0.1, 0.15) is 5.82 Å². The van der Waals surface area contributed by atoms with Gasteiger partial charge >= 0.3 is 6.18 Å². The molecule has 3 rings (SSSR count). The van der Waals surface area contributed by atoms with Gasteiger partial charge in [0.15, 0.2) is 0 Å². The highest BCUT2D eigenvalue weighted by Gasteiger charge is 2.36. The number of hydrogen-bond donors (Lipinski definition) is 1. The van der Waals surface area contributed by atoms with Crippen LogP contribution in [-0.2, 0) is 28.9 Å². The van der Waals surface area contributed by atoms with E-state index in [1.807, 2.05) is 0 Å². The number of carbonyl (C=O) groups excluding carboxylic acids is 2. The topological polar surface area (TPSA) is 62.3 Å². The molecule has 5 nitrogen and oxygen atoms in total. The molecular weight excluding hydrogens is 378 g/mol. The van der Waals surface area contributed by atoms with Crippen LogP contribution in [0.5, 0.6) is 0 Å². The number of hydrogen-bond acceptors (Lipinski definition) is 3. The standard InChI is InChI=1S/C19H17F4N3O2/c20-17-13(2-1-3-15(17)19(21,22)23)9-25-18(28)14-8-16(27)26(11-14)10-12-4-6-24-7-5-12/h1-7,14H,8-11H2,(H,25,28). The fraction of sp³-hybridized carbons (Fsp3) is 0.316. The van der Waals surface area contributed by atoms with Crippen molar-refractivity contribution in [3.63, 3.8) is 0 Å². The van der Waals surface area contributed by atoms with E-state index in [2.05, 4.69) is 10.3 Å². The SMILES string of the molecule is O=C(NCc1cccc(C(F)(F)F)c1F)C1CC(=O)N(Cc2ccncc2)C1. The molecule has 0 bridgehead atoms. The quantitative estimate of drug-likeness (QED) is 0.792. The largest absolute Gasteiger partial charge is 0.419 e. The summed E-state index contributed by atoms with van der Waals surface area (Å²) in [6.07, 6.45) is -1.61. The Morgan fingerprint density at radius 1 is 1.21 bits per heavy atom. The summed E-state index contributed by atoms with van der Waals surface area (Å²) < 4.78 is 52.3. The van der Waals surface area contributed by atoms with Gasteiger partial charge in [0.2, 0.25) is 11.8 Å². The number of rotatable bonds is 5. The van der Waals surface area contributed by atoms with Crippen molar-refractivity contribution in [3.8, 4) is 0 Å². The molecule has 9 heteroatoms. The summed E-state index contributed by atoms with van der Waals surface area (Å²) in [4.78, 5) is 29.9. The normalized spacial score (nSPS) is 17.1. The van der Waals surface area contributed by atoms with Gasteiger partial charge in [-0.1, -0.05) is 12.1 Å². The van der Waals surface area contributed by atoms with Crippen molar-refractivity contribution in [3.05, 3.63) is 65.2 Å². The van der Waals surface area contributed by atoms with Gasteiger partial charge in [0.05, 0.1) is 11.5 Å². The summed E-state index contributed by atoms with van der Waals surface area (Å²) in [5.41, 5.74) is -0.768. The van der Waals surface area contributed by atoms with E-state index in [0.29, 0.717) is 12.6 Å². The third kappa shape index (κ3) is 4.47. The minimum atomic E-state index is -4.81. The van der Waals surface area contributed by atoms with Gasteiger partial charge in [-0.2, -0.15) is 13.2 Å². The lowest BCUT2D eigenvalue weighted by Crippen LogP contribution is -2.32. The number of pyridine rings is 1. The molecule has 28 heavy (non-hydrogen) atoms. The molecule has 1 fully saturated rings. The van der Waals surface area contributed by atoms with Crippen molar-refractivity contribution in [2.24, 2.45) is 5.92 Å². The summed E-state index contributed by atoms with van der Waals surface area (Å²) >= 11 is 0. The summed E-state index contributed by atoms with van der Waals surface area (Å²) in [5, 5.41) is 2.43. The number of amides is 2. The summed E-state index contributed by atoms with van der Waals surface area (Å²) in [7, 11) is 0. The smallest absolute Gasteiger partial charge is 0.352 e. The highest BCUT2D eigenvalue weighted by molar-refractivity contribution is 5.89. The molecule has 2 amide bonds. The lowest BCUT2D eigenvalue weighted by Gasteiger charge is -2.17. The van der Waals surface area contributed by atoms with Crippen LogP contribution in [0, 0.1) is 11.7 Å². The van der Waals surface area contributed by atoms with Crippen LogP contribution < -0.4 is 5.32 Å². The van der Waals surface area contributed by atoms with E-state index in [0.717, 1.165) is 11.6 Å². The van der Waals surface area contributed by atoms with E-state index < -0.39 is 29.4 Å². The summed E-state index contributed by atoms with van der Waals surface area (Å²) in [6, 6.07) is 6.44. The second-order valence-corrected chi connectivity index (χ2v) is 6.53. The van der Waals surface area contributed by atoms with E-state index in [1.165, 1.54) is 11.0 Å². The van der Waals surface area contributed by atoms with Crippen LogP contribution in [0.15, 0.2) is 42.7 Å². The Hall–Kier alpha value is -2.97. The van der Waals surface area contributed by atoms with Crippen LogP contribution in [-0.4, -0.2) is 28.2 Å². The van der Waals surface area contributed by atoms with Crippen LogP contribution in [0.25, 0.3) is 0 Å². The van der Waals surface area contributed by atoms with Crippen molar-refractivity contribution in [1.29, 1.82) is 0 Å². The van der Waals surface area contributed by atoms with Crippen molar-refractivity contribution in [2.75, 3.05) is 6.54 Å². The Bertz CT molecular complexity index is 871. The molecule has 1 aromatic heterocycles. The van der Waals surface area contributed by atoms with Gasteiger partial charge in [0, 0.05) is 44.0 Å². The van der Waals surface area contributed by atoms with E-state index in [4.69, 9.17) is 0 Å². The highest BCUT2D eigenvalue weighted by atomic mass is 19.4. The molecule has 0 aliphatic carbocycles. The van der Waals surface area contributed by atoms with Gasteiger partial charge in [0.25, 0.3) is 0 Å². The van der Waals surface area contributed by atoms with Crippen molar-refractivity contribution in [1.82, 2.24) is 15.2 Å². The lowest BCUT2D eigenvalue weighted by molar-refractivity contribution is -0.140. The second-order valence-electron chi connectivity index (χ2n) is 6.53. The van der Waals surface area contributed by atoms with Gasteiger partial charge < -0.3 is 10.2 Å². The minimum Gasteiger partial charge on any atom is -0.352 e. The fourth-order valence-electron chi connectivity index (χ4n) is 3.07. The lowest BCUT2D eigenvalue weighted by atomic mass is 10.1. The number of carbonyl (C=O) groups is 2. The maximum absolute atomic E-state index is 14.0. The first-order chi connectivity index (χ1) is 13.3. The van der Waals surface area contributed by atoms with Crippen molar-refractivity contribution < 1.29 is 27.2 Å². The molecule has 0 saturated carbocycles. The number of alkyl halides is 3. The number of aromatic nitrogens is 1. The molecular formula is C19H17F4N3O2. The van der Waals surface area contributed by atoms with Gasteiger partial charge in [-0.3, -0.25) is 14.6 Å². The van der Waals surface area contributed by atoms with E-state index in [-0.39, 0.29) is 31.0 Å². The van der Waals surface area contributed by atoms with Gasteiger partial charge in [-0.15, -0.1) is 0 Å². The maximum Gasteiger partial charge on any atom is 0.419 e. The maximum atomic E-state index is 14.0. The van der Waals surface area contributed by atoms with Crippen LogP contribution in [0.2, 0.25) is 0 Å². The van der Waals surface area contributed by atoms with E-state index in [9.17, 15) is 27.2 Å². The van der Waals surface area contributed by atoms with Crippen molar-refractivity contribution >= 4 is 11.8 Å². The Kier molecular flexibility index (Phi) is 5.62. The fourth-order valence-corrected chi connectivity index (χ4v) is 3.07. The third-order valence-electron chi connectivity index (χ3n) is 4.55. The first-order valence-corrected chi connectivity index (χ1v) is 8.54. The monoisotopic (exact) mass is 395 g/mol. The summed E-state index contributed by atoms with van der Waals surface area (Å²) in [6.45, 7) is 0.148. The van der Waals surface area contributed by atoms with Crippen LogP contribution in [0.3, 0.4) is 0 Å². The average molecular weight is 395 g/mol. The molecule has 0 spiro atoms. The Balaban J connectivity index is 1.60. The van der Waals surface area contributed by atoms with Gasteiger partial charge in [-0.05, 0) is 23.8 Å². The van der Waals surface area contributed by atoms with E-state index >= 15 is 0 Å². The molecule has 1 aliphatic rings. The molecule has 1 aromatic carbocycles. The van der Waals surface area contributed by atoms with Crippen LogP contribution in [0.4, 0.5) is 17.6 Å². The first kappa shape index (κ1) is 19.8. The number of nitrogens with one attached hydrogen (secondary N) is 1. The Morgan fingerprint density at radius 3 is 2.61 bits per heavy atom. The average Bonchev–Trinajstić information content (AvgIpc) is 3.01. The van der Waals surface area contributed by atoms with E-state index in [1.54, 1.807) is 24.5 Å². The summed E-state index contributed by atoms with van der Waals surface area (Å²) in [5.74, 6) is -2.73. The molecule has 1 atom stereocenters. The Labute approximate surface area is 158 Å².